The molecule has 0 bridgehead atoms. The molecule has 2 aromatic rings. The second kappa shape index (κ2) is 5.79. The van der Waals surface area contributed by atoms with Crippen LogP contribution in [0.25, 0.3) is 11.3 Å². The molecule has 1 aromatic carbocycles. The first-order valence-electron chi connectivity index (χ1n) is 6.88. The van der Waals surface area contributed by atoms with Gasteiger partial charge in [0.15, 0.2) is 17.5 Å². The Morgan fingerprint density at radius 1 is 1.19 bits per heavy atom. The largest absolute Gasteiger partial charge is 0.383 e. The summed E-state index contributed by atoms with van der Waals surface area (Å²) in [6.45, 7) is 5.91. The van der Waals surface area contributed by atoms with E-state index in [1.54, 1.807) is 0 Å². The maximum Gasteiger partial charge on any atom is 0.194 e. The lowest BCUT2D eigenvalue weighted by Crippen LogP contribution is -2.09. The molecule has 0 fully saturated rings. The highest BCUT2D eigenvalue weighted by Gasteiger charge is 2.20. The van der Waals surface area contributed by atoms with Crippen LogP contribution in [-0.2, 0) is 6.42 Å². The number of nitrogen functional groups attached to an aromatic ring is 1. The van der Waals surface area contributed by atoms with E-state index in [0.717, 1.165) is 24.4 Å². The molecule has 0 saturated heterocycles. The van der Waals surface area contributed by atoms with E-state index in [4.69, 9.17) is 5.73 Å². The van der Waals surface area contributed by atoms with E-state index in [1.807, 2.05) is 25.3 Å². The zero-order chi connectivity index (χ0) is 15.7. The molecule has 2 N–H and O–H groups in total. The SMILES string of the molecule is CCCc1nc(-c2cc(F)c(F)c(F)c2)c(N)n1C(C)C. The Labute approximate surface area is 121 Å². The van der Waals surface area contributed by atoms with Crippen LogP contribution < -0.4 is 5.73 Å². The molecular weight excluding hydrogens is 279 g/mol. The predicted octanol–water partition coefficient (Wildman–Crippen LogP) is 4.08. The van der Waals surface area contributed by atoms with E-state index in [9.17, 15) is 13.2 Å². The van der Waals surface area contributed by atoms with E-state index in [2.05, 4.69) is 4.98 Å². The Morgan fingerprint density at radius 2 is 1.76 bits per heavy atom. The normalized spacial score (nSPS) is 11.4. The predicted molar refractivity (Wildman–Crippen MR) is 76.3 cm³/mol. The van der Waals surface area contributed by atoms with Crippen LogP contribution in [0, 0.1) is 17.5 Å². The van der Waals surface area contributed by atoms with Crippen molar-refractivity contribution < 1.29 is 13.2 Å². The van der Waals surface area contributed by atoms with Crippen LogP contribution in [-0.4, -0.2) is 9.55 Å². The molecule has 0 amide bonds. The van der Waals surface area contributed by atoms with Gasteiger partial charge in [0, 0.05) is 18.0 Å². The first kappa shape index (κ1) is 15.4. The summed E-state index contributed by atoms with van der Waals surface area (Å²) in [6.07, 6.45) is 1.57. The van der Waals surface area contributed by atoms with Gasteiger partial charge in [-0.1, -0.05) is 6.92 Å². The molecule has 0 atom stereocenters. The maximum absolute atomic E-state index is 13.4. The fraction of sp³-hybridized carbons (Fsp3) is 0.400. The molecule has 3 nitrogen and oxygen atoms in total. The quantitative estimate of drug-likeness (QED) is 0.864. The highest BCUT2D eigenvalue weighted by atomic mass is 19.2. The van der Waals surface area contributed by atoms with Crippen LogP contribution in [0.2, 0.25) is 0 Å². The molecule has 0 aliphatic heterocycles. The van der Waals surface area contributed by atoms with Crippen LogP contribution in [0.3, 0.4) is 0 Å². The van der Waals surface area contributed by atoms with Gasteiger partial charge in [-0.25, -0.2) is 18.2 Å². The third kappa shape index (κ3) is 2.75. The molecule has 2 rings (SSSR count). The van der Waals surface area contributed by atoms with E-state index >= 15 is 0 Å². The minimum Gasteiger partial charge on any atom is -0.383 e. The van der Waals surface area contributed by atoms with Gasteiger partial charge in [-0.2, -0.15) is 0 Å². The minimum absolute atomic E-state index is 0.0722. The highest BCUT2D eigenvalue weighted by molar-refractivity contribution is 5.71. The molecule has 114 valence electrons. The Kier molecular flexibility index (Phi) is 4.25. The van der Waals surface area contributed by atoms with Gasteiger partial charge >= 0.3 is 0 Å². The molecule has 1 aromatic heterocycles. The van der Waals surface area contributed by atoms with Gasteiger partial charge in [0.25, 0.3) is 0 Å². The Balaban J connectivity index is 2.62. The summed E-state index contributed by atoms with van der Waals surface area (Å²) in [7, 11) is 0. The van der Waals surface area contributed by atoms with Gasteiger partial charge in [-0.05, 0) is 32.4 Å². The molecule has 21 heavy (non-hydrogen) atoms. The number of hydrogen-bond acceptors (Lipinski definition) is 2. The number of aromatic nitrogens is 2. The van der Waals surface area contributed by atoms with Crippen molar-refractivity contribution in [3.8, 4) is 11.3 Å². The summed E-state index contributed by atoms with van der Waals surface area (Å²) in [5, 5.41) is 0. The number of imidazole rings is 1. The number of anilines is 1. The van der Waals surface area contributed by atoms with Gasteiger partial charge in [-0.3, -0.25) is 0 Å². The minimum atomic E-state index is -1.49. The summed E-state index contributed by atoms with van der Waals surface area (Å²) < 4.78 is 41.6. The molecule has 0 radical (unpaired) electrons. The zero-order valence-electron chi connectivity index (χ0n) is 12.3. The number of nitrogens with two attached hydrogens (primary N) is 1. The van der Waals surface area contributed by atoms with Crippen LogP contribution >= 0.6 is 0 Å². The fourth-order valence-corrected chi connectivity index (χ4v) is 2.37. The van der Waals surface area contributed by atoms with E-state index in [-0.39, 0.29) is 17.3 Å². The van der Waals surface area contributed by atoms with Gasteiger partial charge < -0.3 is 10.3 Å². The van der Waals surface area contributed by atoms with Gasteiger partial charge in [0.2, 0.25) is 0 Å². The first-order chi connectivity index (χ1) is 9.86. The molecule has 0 unspecified atom stereocenters. The van der Waals surface area contributed by atoms with Crippen LogP contribution in [0.4, 0.5) is 19.0 Å². The van der Waals surface area contributed by atoms with Crippen molar-refractivity contribution in [3.63, 3.8) is 0 Å². The number of nitrogens with zero attached hydrogens (tertiary/aromatic N) is 2. The smallest absolute Gasteiger partial charge is 0.194 e. The highest BCUT2D eigenvalue weighted by Crippen LogP contribution is 2.31. The number of aryl methyl sites for hydroxylation is 1. The lowest BCUT2D eigenvalue weighted by molar-refractivity contribution is 0.447. The third-order valence-corrected chi connectivity index (χ3v) is 3.27. The Bertz CT molecular complexity index is 639. The van der Waals surface area contributed by atoms with Crippen molar-refractivity contribution in [3.05, 3.63) is 35.4 Å². The van der Waals surface area contributed by atoms with Crippen LogP contribution in [0.15, 0.2) is 12.1 Å². The monoisotopic (exact) mass is 297 g/mol. The van der Waals surface area contributed by atoms with E-state index < -0.39 is 17.5 Å². The molecule has 6 heteroatoms. The molecular formula is C15H18F3N3. The average molecular weight is 297 g/mol. The average Bonchev–Trinajstić information content (AvgIpc) is 2.73. The number of benzene rings is 1. The Morgan fingerprint density at radius 3 is 2.24 bits per heavy atom. The second-order valence-corrected chi connectivity index (χ2v) is 5.23. The number of rotatable bonds is 4. The molecule has 0 aliphatic rings. The number of halogens is 3. The molecule has 0 saturated carbocycles. The summed E-state index contributed by atoms with van der Waals surface area (Å²) in [5.41, 5.74) is 6.49. The van der Waals surface area contributed by atoms with Crippen LogP contribution in [0.5, 0.6) is 0 Å². The van der Waals surface area contributed by atoms with Crippen molar-refractivity contribution in [2.24, 2.45) is 0 Å². The number of hydrogen-bond donors (Lipinski definition) is 1. The third-order valence-electron chi connectivity index (χ3n) is 3.27. The topological polar surface area (TPSA) is 43.8 Å². The summed E-state index contributed by atoms with van der Waals surface area (Å²) in [4.78, 5) is 4.39. The second-order valence-electron chi connectivity index (χ2n) is 5.23. The van der Waals surface area contributed by atoms with Crippen molar-refractivity contribution in [2.45, 2.75) is 39.7 Å². The van der Waals surface area contributed by atoms with E-state index in [1.165, 1.54) is 0 Å². The van der Waals surface area contributed by atoms with E-state index in [0.29, 0.717) is 12.2 Å². The summed E-state index contributed by atoms with van der Waals surface area (Å²) >= 11 is 0. The Hall–Kier alpha value is -1.98. The summed E-state index contributed by atoms with van der Waals surface area (Å²) in [6, 6.07) is 1.90. The van der Waals surface area contributed by atoms with Crippen LogP contribution in [0.1, 0.15) is 39.1 Å². The summed E-state index contributed by atoms with van der Waals surface area (Å²) in [5.74, 6) is -2.90. The van der Waals surface area contributed by atoms with Crippen molar-refractivity contribution >= 4 is 5.82 Å². The zero-order valence-corrected chi connectivity index (χ0v) is 12.3. The van der Waals surface area contributed by atoms with Crippen molar-refractivity contribution in [1.82, 2.24) is 9.55 Å². The lowest BCUT2D eigenvalue weighted by Gasteiger charge is -2.13. The lowest BCUT2D eigenvalue weighted by atomic mass is 10.1. The van der Waals surface area contributed by atoms with Gasteiger partial charge in [0.1, 0.15) is 17.3 Å². The molecule has 0 spiro atoms. The van der Waals surface area contributed by atoms with Gasteiger partial charge in [0.05, 0.1) is 0 Å². The fourth-order valence-electron chi connectivity index (χ4n) is 2.37. The molecule has 1 heterocycles. The maximum atomic E-state index is 13.4. The molecule has 0 aliphatic carbocycles. The van der Waals surface area contributed by atoms with Crippen molar-refractivity contribution in [1.29, 1.82) is 0 Å². The van der Waals surface area contributed by atoms with Crippen molar-refractivity contribution in [2.75, 3.05) is 5.73 Å². The van der Waals surface area contributed by atoms with Gasteiger partial charge in [-0.15, -0.1) is 0 Å². The standard InChI is InChI=1S/C15H18F3N3/c1-4-5-12-20-14(15(19)21(12)8(2)3)9-6-10(16)13(18)11(17)7-9/h6-8H,4-5,19H2,1-3H3. The first-order valence-corrected chi connectivity index (χ1v) is 6.88.